The van der Waals surface area contributed by atoms with Gasteiger partial charge in [-0.3, -0.25) is 4.79 Å². The molecule has 1 rings (SSSR count). The first-order chi connectivity index (χ1) is 8.02. The summed E-state index contributed by atoms with van der Waals surface area (Å²) in [5.41, 5.74) is 5.31. The predicted octanol–water partition coefficient (Wildman–Crippen LogP) is 1.23. The molecule has 0 fully saturated rings. The van der Waals surface area contributed by atoms with Crippen molar-refractivity contribution in [2.75, 3.05) is 13.2 Å². The van der Waals surface area contributed by atoms with Crippen LogP contribution < -0.4 is 15.8 Å². The molecule has 102 valence electrons. The summed E-state index contributed by atoms with van der Waals surface area (Å²) in [7, 11) is 0. The Hall–Kier alpha value is -1.40. The lowest BCUT2D eigenvalue weighted by atomic mass is 10.3. The van der Waals surface area contributed by atoms with E-state index in [9.17, 15) is 13.6 Å². The summed E-state index contributed by atoms with van der Waals surface area (Å²) < 4.78 is 30.6. The highest BCUT2D eigenvalue weighted by Gasteiger charge is 2.09. The van der Waals surface area contributed by atoms with Crippen LogP contribution in [0.5, 0.6) is 5.75 Å². The number of nitrogens with two attached hydrogens (primary N) is 1. The minimum atomic E-state index is -0.843. The number of ether oxygens (including phenoxy) is 1. The van der Waals surface area contributed by atoms with Crippen molar-refractivity contribution in [1.29, 1.82) is 0 Å². The van der Waals surface area contributed by atoms with Crippen LogP contribution >= 0.6 is 12.4 Å². The van der Waals surface area contributed by atoms with Gasteiger partial charge in [-0.25, -0.2) is 8.78 Å². The maximum absolute atomic E-state index is 13.1. The fourth-order valence-electron chi connectivity index (χ4n) is 1.11. The van der Waals surface area contributed by atoms with E-state index in [1.165, 1.54) is 0 Å². The Bertz CT molecular complexity index is 405. The van der Waals surface area contributed by atoms with Gasteiger partial charge in [0, 0.05) is 18.7 Å². The van der Waals surface area contributed by atoms with Crippen LogP contribution in [0.15, 0.2) is 18.2 Å². The Morgan fingerprint density at radius 3 is 2.72 bits per heavy atom. The molecule has 0 spiro atoms. The summed E-state index contributed by atoms with van der Waals surface area (Å²) in [6.45, 7) is 1.69. The Morgan fingerprint density at radius 2 is 2.17 bits per heavy atom. The number of hydrogen-bond donors (Lipinski definition) is 2. The Kier molecular flexibility index (Phi) is 7.23. The first kappa shape index (κ1) is 16.6. The van der Waals surface area contributed by atoms with Gasteiger partial charge in [-0.15, -0.1) is 12.4 Å². The SMILES string of the molecule is C[C@@H](CN)NC(=O)COc1ccc(F)cc1F.Cl. The fourth-order valence-corrected chi connectivity index (χ4v) is 1.11. The second-order valence-electron chi connectivity index (χ2n) is 3.57. The molecule has 1 amide bonds. The van der Waals surface area contributed by atoms with Crippen molar-refractivity contribution >= 4 is 18.3 Å². The van der Waals surface area contributed by atoms with Gasteiger partial charge in [-0.1, -0.05) is 0 Å². The van der Waals surface area contributed by atoms with E-state index in [4.69, 9.17) is 10.5 Å². The third-order valence-electron chi connectivity index (χ3n) is 2.01. The van der Waals surface area contributed by atoms with Crippen molar-refractivity contribution in [3.8, 4) is 5.75 Å². The monoisotopic (exact) mass is 280 g/mol. The Labute approximate surface area is 110 Å². The number of carbonyl (C=O) groups excluding carboxylic acids is 1. The van der Waals surface area contributed by atoms with Crippen LogP contribution in [0.25, 0.3) is 0 Å². The first-order valence-corrected chi connectivity index (χ1v) is 5.10. The molecule has 4 nitrogen and oxygen atoms in total. The maximum atomic E-state index is 13.1. The van der Waals surface area contributed by atoms with E-state index in [0.29, 0.717) is 12.6 Å². The Morgan fingerprint density at radius 1 is 1.50 bits per heavy atom. The van der Waals surface area contributed by atoms with Gasteiger partial charge in [0.25, 0.3) is 5.91 Å². The lowest BCUT2D eigenvalue weighted by Gasteiger charge is -2.12. The molecule has 1 atom stereocenters. The average molecular weight is 281 g/mol. The normalized spacial score (nSPS) is 11.3. The molecule has 1 aromatic rings. The summed E-state index contributed by atoms with van der Waals surface area (Å²) in [5.74, 6) is -2.12. The molecule has 0 aromatic heterocycles. The van der Waals surface area contributed by atoms with Crippen LogP contribution in [0, 0.1) is 11.6 Å². The zero-order chi connectivity index (χ0) is 12.8. The van der Waals surface area contributed by atoms with Crippen molar-refractivity contribution < 1.29 is 18.3 Å². The number of rotatable bonds is 5. The van der Waals surface area contributed by atoms with Gasteiger partial charge in [-0.2, -0.15) is 0 Å². The van der Waals surface area contributed by atoms with Crippen molar-refractivity contribution in [1.82, 2.24) is 5.32 Å². The molecule has 0 saturated carbocycles. The maximum Gasteiger partial charge on any atom is 0.258 e. The molecule has 3 N–H and O–H groups in total. The summed E-state index contributed by atoms with van der Waals surface area (Å²) in [6, 6.07) is 2.70. The summed E-state index contributed by atoms with van der Waals surface area (Å²) in [4.78, 5) is 11.3. The van der Waals surface area contributed by atoms with Gasteiger partial charge in [-0.05, 0) is 19.1 Å². The van der Waals surface area contributed by atoms with E-state index >= 15 is 0 Å². The van der Waals surface area contributed by atoms with Gasteiger partial charge in [0.2, 0.25) is 0 Å². The molecular formula is C11H15ClF2N2O2. The van der Waals surface area contributed by atoms with Crippen LogP contribution in [-0.4, -0.2) is 25.1 Å². The molecule has 0 unspecified atom stereocenters. The fraction of sp³-hybridized carbons (Fsp3) is 0.364. The third kappa shape index (κ3) is 5.29. The zero-order valence-corrected chi connectivity index (χ0v) is 10.6. The predicted molar refractivity (Wildman–Crippen MR) is 65.8 cm³/mol. The van der Waals surface area contributed by atoms with Crippen LogP contribution in [0.1, 0.15) is 6.92 Å². The van der Waals surface area contributed by atoms with E-state index in [-0.39, 0.29) is 30.8 Å². The standard InChI is InChI=1S/C11H14F2N2O2.ClH/c1-7(5-14)15-11(16)6-17-10-3-2-8(12)4-9(10)13;/h2-4,7H,5-6,14H2,1H3,(H,15,16);1H/t7-;/m0./s1. The van der Waals surface area contributed by atoms with Gasteiger partial charge >= 0.3 is 0 Å². The molecule has 0 bridgehead atoms. The lowest BCUT2D eigenvalue weighted by Crippen LogP contribution is -2.40. The van der Waals surface area contributed by atoms with Gasteiger partial charge in [0.1, 0.15) is 5.82 Å². The van der Waals surface area contributed by atoms with E-state index in [2.05, 4.69) is 5.32 Å². The third-order valence-corrected chi connectivity index (χ3v) is 2.01. The number of benzene rings is 1. The zero-order valence-electron chi connectivity index (χ0n) is 9.78. The van der Waals surface area contributed by atoms with Crippen LogP contribution in [-0.2, 0) is 4.79 Å². The Balaban J connectivity index is 0.00000289. The number of halogens is 3. The van der Waals surface area contributed by atoms with Gasteiger partial charge in [0.15, 0.2) is 18.2 Å². The second kappa shape index (κ2) is 7.84. The highest BCUT2D eigenvalue weighted by atomic mass is 35.5. The molecule has 0 saturated heterocycles. The van der Waals surface area contributed by atoms with Gasteiger partial charge in [0.05, 0.1) is 0 Å². The molecule has 0 aliphatic heterocycles. The highest BCUT2D eigenvalue weighted by Crippen LogP contribution is 2.17. The number of hydrogen-bond acceptors (Lipinski definition) is 3. The summed E-state index contributed by atoms with van der Waals surface area (Å²) in [5, 5.41) is 2.55. The second-order valence-corrected chi connectivity index (χ2v) is 3.57. The van der Waals surface area contributed by atoms with Gasteiger partial charge < -0.3 is 15.8 Å². The minimum Gasteiger partial charge on any atom is -0.481 e. The van der Waals surface area contributed by atoms with E-state index in [0.717, 1.165) is 12.1 Å². The topological polar surface area (TPSA) is 64.3 Å². The van der Waals surface area contributed by atoms with E-state index in [1.807, 2.05) is 0 Å². The van der Waals surface area contributed by atoms with Crippen molar-refractivity contribution in [2.24, 2.45) is 5.73 Å². The number of carbonyl (C=O) groups is 1. The van der Waals surface area contributed by atoms with E-state index in [1.54, 1.807) is 6.92 Å². The van der Waals surface area contributed by atoms with Crippen molar-refractivity contribution in [3.63, 3.8) is 0 Å². The van der Waals surface area contributed by atoms with Crippen molar-refractivity contribution in [3.05, 3.63) is 29.8 Å². The minimum absolute atomic E-state index is 0. The molecule has 0 heterocycles. The average Bonchev–Trinajstić information content (AvgIpc) is 2.27. The molecule has 7 heteroatoms. The smallest absolute Gasteiger partial charge is 0.258 e. The summed E-state index contributed by atoms with van der Waals surface area (Å²) >= 11 is 0. The summed E-state index contributed by atoms with van der Waals surface area (Å²) in [6.07, 6.45) is 0. The highest BCUT2D eigenvalue weighted by molar-refractivity contribution is 5.85. The van der Waals surface area contributed by atoms with E-state index < -0.39 is 17.5 Å². The van der Waals surface area contributed by atoms with Crippen LogP contribution in [0.2, 0.25) is 0 Å². The largest absolute Gasteiger partial charge is 0.481 e. The molecular weight excluding hydrogens is 266 g/mol. The molecule has 0 aliphatic rings. The first-order valence-electron chi connectivity index (χ1n) is 5.10. The molecule has 1 aromatic carbocycles. The quantitative estimate of drug-likeness (QED) is 0.853. The molecule has 0 radical (unpaired) electrons. The van der Waals surface area contributed by atoms with Crippen LogP contribution in [0.4, 0.5) is 8.78 Å². The number of amides is 1. The van der Waals surface area contributed by atoms with Crippen LogP contribution in [0.3, 0.4) is 0 Å². The molecule has 0 aliphatic carbocycles. The molecule has 18 heavy (non-hydrogen) atoms. The van der Waals surface area contributed by atoms with Crippen molar-refractivity contribution in [2.45, 2.75) is 13.0 Å². The lowest BCUT2D eigenvalue weighted by molar-refractivity contribution is -0.123. The number of nitrogens with one attached hydrogen (secondary N) is 1.